The van der Waals surface area contributed by atoms with E-state index in [2.05, 4.69) is 15.3 Å². The fourth-order valence-electron chi connectivity index (χ4n) is 4.81. The Hall–Kier alpha value is -3.75. The number of rotatable bonds is 7. The number of hydrogen-bond acceptors (Lipinski definition) is 6. The van der Waals surface area contributed by atoms with E-state index in [-0.39, 0.29) is 22.7 Å². The first kappa shape index (κ1) is 22.1. The van der Waals surface area contributed by atoms with E-state index in [1.54, 1.807) is 14.2 Å². The van der Waals surface area contributed by atoms with Gasteiger partial charge in [-0.25, -0.2) is 9.37 Å². The van der Waals surface area contributed by atoms with Crippen LogP contribution in [0.15, 0.2) is 53.6 Å². The van der Waals surface area contributed by atoms with Gasteiger partial charge in [0, 0.05) is 44.5 Å². The van der Waals surface area contributed by atoms with Gasteiger partial charge in [-0.1, -0.05) is 12.1 Å². The predicted octanol–water partition coefficient (Wildman–Crippen LogP) is 2.35. The van der Waals surface area contributed by atoms with E-state index in [4.69, 9.17) is 4.74 Å². The highest BCUT2D eigenvalue weighted by Gasteiger charge is 2.56. The number of ether oxygens (including phenoxy) is 1. The number of methoxy groups -OCH3 is 1. The number of benzene rings is 1. The van der Waals surface area contributed by atoms with E-state index in [1.165, 1.54) is 22.9 Å². The van der Waals surface area contributed by atoms with Gasteiger partial charge in [0.1, 0.15) is 5.75 Å². The Labute approximate surface area is 196 Å². The van der Waals surface area contributed by atoms with Crippen molar-refractivity contribution in [2.75, 3.05) is 32.1 Å². The summed E-state index contributed by atoms with van der Waals surface area (Å²) in [5, 5.41) is 3.27. The minimum atomic E-state index is -0.523. The van der Waals surface area contributed by atoms with Crippen molar-refractivity contribution < 1.29 is 13.9 Å². The molecule has 176 valence electrons. The summed E-state index contributed by atoms with van der Waals surface area (Å²) in [5.74, 6) is 2.11. The molecule has 3 aromatic rings. The predicted molar refractivity (Wildman–Crippen MR) is 125 cm³/mol. The number of anilines is 1. The number of pyridine rings is 1. The van der Waals surface area contributed by atoms with Gasteiger partial charge in [-0.15, -0.1) is 0 Å². The number of likely N-dealkylation sites (tertiary alicyclic amines) is 1. The van der Waals surface area contributed by atoms with Gasteiger partial charge in [0.2, 0.25) is 11.9 Å². The van der Waals surface area contributed by atoms with Crippen LogP contribution in [0.5, 0.6) is 5.75 Å². The maximum absolute atomic E-state index is 14.1. The van der Waals surface area contributed by atoms with Crippen molar-refractivity contribution in [1.29, 1.82) is 0 Å². The van der Waals surface area contributed by atoms with Crippen LogP contribution in [0.1, 0.15) is 5.56 Å². The van der Waals surface area contributed by atoms with Gasteiger partial charge in [-0.2, -0.15) is 0 Å². The van der Waals surface area contributed by atoms with Gasteiger partial charge in [0.15, 0.2) is 5.82 Å². The van der Waals surface area contributed by atoms with Crippen LogP contribution in [0.3, 0.4) is 0 Å². The lowest BCUT2D eigenvalue weighted by atomic mass is 10.1. The smallest absolute Gasteiger partial charge is 0.255 e. The minimum absolute atomic E-state index is 0.139. The van der Waals surface area contributed by atoms with Gasteiger partial charge in [0.05, 0.1) is 25.4 Å². The molecule has 2 aliphatic rings. The van der Waals surface area contributed by atoms with Crippen molar-refractivity contribution in [3.63, 3.8) is 0 Å². The zero-order valence-corrected chi connectivity index (χ0v) is 19.1. The van der Waals surface area contributed by atoms with Crippen LogP contribution in [0.2, 0.25) is 0 Å². The first-order valence-corrected chi connectivity index (χ1v) is 11.3. The molecule has 1 N–H and O–H groups in total. The van der Waals surface area contributed by atoms with E-state index in [1.807, 2.05) is 29.2 Å². The van der Waals surface area contributed by atoms with Crippen LogP contribution < -0.4 is 15.6 Å². The number of nitrogens with one attached hydrogen (secondary N) is 1. The summed E-state index contributed by atoms with van der Waals surface area (Å²) in [6.07, 6.45) is 2.96. The van der Waals surface area contributed by atoms with Crippen LogP contribution in [0.4, 0.5) is 10.3 Å². The summed E-state index contributed by atoms with van der Waals surface area (Å²) >= 11 is 0. The quantitative estimate of drug-likeness (QED) is 0.579. The maximum Gasteiger partial charge on any atom is 0.255 e. The molecule has 1 aliphatic heterocycles. The number of piperidine rings is 1. The number of nitrogens with zero attached hydrogens (tertiary/aromatic N) is 4. The van der Waals surface area contributed by atoms with Crippen LogP contribution in [0, 0.1) is 23.6 Å². The largest absolute Gasteiger partial charge is 0.497 e. The van der Waals surface area contributed by atoms with Crippen LogP contribution in [-0.4, -0.2) is 52.1 Å². The second-order valence-electron chi connectivity index (χ2n) is 8.91. The van der Waals surface area contributed by atoms with Gasteiger partial charge < -0.3 is 15.0 Å². The van der Waals surface area contributed by atoms with E-state index < -0.39 is 5.82 Å². The molecular formula is C25H26FN5O3. The Kier molecular flexibility index (Phi) is 5.77. The third-order valence-corrected chi connectivity index (χ3v) is 6.92. The van der Waals surface area contributed by atoms with E-state index in [0.29, 0.717) is 36.7 Å². The van der Waals surface area contributed by atoms with Gasteiger partial charge in [-0.3, -0.25) is 19.1 Å². The molecule has 34 heavy (non-hydrogen) atoms. The molecule has 2 aromatic heterocycles. The molecule has 1 aliphatic carbocycles. The first-order chi connectivity index (χ1) is 16.4. The van der Waals surface area contributed by atoms with Crippen molar-refractivity contribution in [3.8, 4) is 17.0 Å². The van der Waals surface area contributed by atoms with E-state index in [0.717, 1.165) is 30.6 Å². The molecule has 2 fully saturated rings. The normalized spacial score (nSPS) is 20.7. The summed E-state index contributed by atoms with van der Waals surface area (Å²) in [4.78, 5) is 35.3. The molecule has 1 saturated heterocycles. The lowest BCUT2D eigenvalue weighted by Gasteiger charge is -2.20. The summed E-state index contributed by atoms with van der Waals surface area (Å²) in [7, 11) is 3.26. The number of amides is 1. The highest BCUT2D eigenvalue weighted by Crippen LogP contribution is 2.51. The second-order valence-corrected chi connectivity index (χ2v) is 8.91. The average Bonchev–Trinajstić information content (AvgIpc) is 3.28. The third-order valence-electron chi connectivity index (χ3n) is 6.92. The lowest BCUT2D eigenvalue weighted by Crippen LogP contribution is -2.33. The fourth-order valence-corrected chi connectivity index (χ4v) is 4.81. The Balaban J connectivity index is 1.17. The number of fused-ring (bicyclic) bond motifs is 1. The highest BCUT2D eigenvalue weighted by atomic mass is 19.1. The van der Waals surface area contributed by atoms with Crippen molar-refractivity contribution in [2.45, 2.75) is 6.42 Å². The Morgan fingerprint density at radius 3 is 2.62 bits per heavy atom. The van der Waals surface area contributed by atoms with E-state index >= 15 is 0 Å². The Morgan fingerprint density at radius 2 is 1.94 bits per heavy atom. The maximum atomic E-state index is 14.1. The zero-order chi connectivity index (χ0) is 23.8. The minimum Gasteiger partial charge on any atom is -0.497 e. The molecule has 8 nitrogen and oxygen atoms in total. The van der Waals surface area contributed by atoms with Crippen molar-refractivity contribution >= 4 is 11.9 Å². The van der Waals surface area contributed by atoms with Gasteiger partial charge in [-0.05, 0) is 41.5 Å². The molecule has 2 unspecified atom stereocenters. The third kappa shape index (κ3) is 4.25. The number of carbonyl (C=O) groups is 1. The summed E-state index contributed by atoms with van der Waals surface area (Å²) < 4.78 is 20.7. The monoisotopic (exact) mass is 463 g/mol. The van der Waals surface area contributed by atoms with Crippen LogP contribution in [0.25, 0.3) is 11.3 Å². The molecular weight excluding hydrogens is 437 g/mol. The standard InChI is InChI=1S/C25H26FN5O3/c1-30-23(32)10-22(17-7-8-27-12-21(17)26)29-25(30)28-11-18-19-13-31(14-20(18)19)24(33)9-15-3-5-16(34-2)6-4-15/h3-8,10,12,18-20H,9,11,13-14H2,1-2H3,(H,28,29). The Morgan fingerprint density at radius 1 is 1.21 bits per heavy atom. The molecule has 5 rings (SSSR count). The van der Waals surface area contributed by atoms with Crippen molar-refractivity contribution in [1.82, 2.24) is 19.4 Å². The van der Waals surface area contributed by atoms with Gasteiger partial charge >= 0.3 is 0 Å². The lowest BCUT2D eigenvalue weighted by molar-refractivity contribution is -0.130. The molecule has 0 spiro atoms. The van der Waals surface area contributed by atoms with Crippen LogP contribution >= 0.6 is 0 Å². The molecule has 1 aromatic carbocycles. The zero-order valence-electron chi connectivity index (χ0n) is 19.1. The van der Waals surface area contributed by atoms with Crippen LogP contribution in [-0.2, 0) is 18.3 Å². The highest BCUT2D eigenvalue weighted by molar-refractivity contribution is 5.79. The van der Waals surface area contributed by atoms with Crippen molar-refractivity contribution in [2.24, 2.45) is 24.8 Å². The second kappa shape index (κ2) is 8.89. The summed E-state index contributed by atoms with van der Waals surface area (Å²) in [6.45, 7) is 2.15. The van der Waals surface area contributed by atoms with Gasteiger partial charge in [0.25, 0.3) is 5.56 Å². The molecule has 0 bridgehead atoms. The topological polar surface area (TPSA) is 89.3 Å². The SMILES string of the molecule is COc1ccc(CC(=O)N2CC3C(CNc4nc(-c5ccncc5F)cc(=O)n4C)C3C2)cc1. The molecule has 9 heteroatoms. The number of hydrogen-bond donors (Lipinski definition) is 1. The average molecular weight is 464 g/mol. The van der Waals surface area contributed by atoms with Crippen molar-refractivity contribution in [3.05, 3.63) is 70.5 Å². The molecule has 1 amide bonds. The molecule has 2 atom stereocenters. The first-order valence-electron chi connectivity index (χ1n) is 11.3. The number of carbonyl (C=O) groups excluding carboxylic acids is 1. The molecule has 1 saturated carbocycles. The molecule has 0 radical (unpaired) electrons. The fraction of sp³-hybridized carbons (Fsp3) is 0.360. The van der Waals surface area contributed by atoms with E-state index in [9.17, 15) is 14.0 Å². The Bertz CT molecular complexity index is 1260. The summed E-state index contributed by atoms with van der Waals surface area (Å²) in [6, 6.07) is 10.4. The molecule has 3 heterocycles. The number of halogens is 1. The summed E-state index contributed by atoms with van der Waals surface area (Å²) in [5.41, 5.74) is 1.22. The number of aromatic nitrogens is 3.